The van der Waals surface area contributed by atoms with Crippen molar-refractivity contribution in [2.24, 2.45) is 11.3 Å². The first-order valence-electron chi connectivity index (χ1n) is 9.22. The molecule has 26 heavy (non-hydrogen) atoms. The molecule has 1 heterocycles. The van der Waals surface area contributed by atoms with Crippen molar-refractivity contribution in [3.8, 4) is 0 Å². The lowest BCUT2D eigenvalue weighted by Gasteiger charge is -2.68. The Labute approximate surface area is 154 Å². The molecule has 1 aromatic rings. The highest BCUT2D eigenvalue weighted by Crippen LogP contribution is 2.65. The van der Waals surface area contributed by atoms with Crippen molar-refractivity contribution in [2.75, 3.05) is 13.2 Å². The van der Waals surface area contributed by atoms with Crippen molar-refractivity contribution in [1.29, 1.82) is 0 Å². The van der Waals surface area contributed by atoms with Gasteiger partial charge in [-0.2, -0.15) is 0 Å². The predicted molar refractivity (Wildman–Crippen MR) is 97.6 cm³/mol. The number of aliphatic hydroxyl groups is 2. The van der Waals surface area contributed by atoms with Gasteiger partial charge < -0.3 is 29.7 Å². The van der Waals surface area contributed by atoms with Gasteiger partial charge in [0.25, 0.3) is 0 Å². The molecular weight excluding hydrogens is 335 g/mol. The molecule has 4 fully saturated rings. The van der Waals surface area contributed by atoms with Crippen molar-refractivity contribution in [1.82, 2.24) is 0 Å². The third-order valence-electron chi connectivity index (χ3n) is 6.60. The molecule has 1 aliphatic heterocycles. The van der Waals surface area contributed by atoms with Crippen LogP contribution in [-0.4, -0.2) is 51.8 Å². The van der Waals surface area contributed by atoms with Gasteiger partial charge in [-0.05, 0) is 43.0 Å². The van der Waals surface area contributed by atoms with Crippen LogP contribution in [0.4, 0.5) is 0 Å². The average Bonchev–Trinajstić information content (AvgIpc) is 3.12. The van der Waals surface area contributed by atoms with Crippen molar-refractivity contribution in [3.63, 3.8) is 0 Å². The van der Waals surface area contributed by atoms with Crippen molar-refractivity contribution >= 4 is 12.6 Å². The summed E-state index contributed by atoms with van der Waals surface area (Å²) in [5.74, 6) is 0.614. The zero-order chi connectivity index (χ0) is 19.2. The number of benzene rings is 1. The zero-order valence-electron chi connectivity index (χ0n) is 15.7. The van der Waals surface area contributed by atoms with Crippen LogP contribution in [0.25, 0.3) is 0 Å². The highest BCUT2D eigenvalue weighted by molar-refractivity contribution is 6.58. The van der Waals surface area contributed by atoms with Crippen LogP contribution in [0.15, 0.2) is 24.3 Å². The Morgan fingerprint density at radius 2 is 1.73 bits per heavy atom. The van der Waals surface area contributed by atoms with E-state index in [1.807, 2.05) is 6.07 Å². The van der Waals surface area contributed by atoms with Crippen LogP contribution in [0.3, 0.4) is 0 Å². The molecule has 4 aliphatic rings. The first-order chi connectivity index (χ1) is 12.1. The van der Waals surface area contributed by atoms with Gasteiger partial charge >= 0.3 is 7.12 Å². The van der Waals surface area contributed by atoms with E-state index in [-0.39, 0.29) is 11.7 Å². The fraction of sp³-hybridized carbons (Fsp3) is 0.684. The Balaban J connectivity index is 0.000000152. The molecule has 3 saturated carbocycles. The molecule has 3 atom stereocenters. The van der Waals surface area contributed by atoms with Gasteiger partial charge in [-0.1, -0.05) is 38.1 Å². The van der Waals surface area contributed by atoms with E-state index in [1.165, 1.54) is 0 Å². The van der Waals surface area contributed by atoms with E-state index < -0.39 is 18.3 Å². The Bertz CT molecular complexity index is 631. The topological polar surface area (TPSA) is 99.4 Å². The van der Waals surface area contributed by atoms with Gasteiger partial charge in [0, 0.05) is 5.56 Å². The standard InChI is InChI=1S/C10H18O2.C9H11BO4/c1-8(2)7-4-5-9(3,11)10(8,12)6-7;11-10(12)8-3-1-2-7(6-8)9-13-4-5-14-9/h7,11-12H,4-6H2,1-3H3;1-3,6,9,11-12H,4-5H2. The van der Waals surface area contributed by atoms with Crippen LogP contribution in [0.5, 0.6) is 0 Å². The summed E-state index contributed by atoms with van der Waals surface area (Å²) in [6, 6.07) is 6.89. The monoisotopic (exact) mass is 364 g/mol. The van der Waals surface area contributed by atoms with Crippen LogP contribution in [0, 0.1) is 11.3 Å². The maximum absolute atomic E-state index is 10.2. The van der Waals surface area contributed by atoms with Crippen LogP contribution < -0.4 is 5.46 Å². The molecule has 0 radical (unpaired) electrons. The molecule has 7 heteroatoms. The minimum atomic E-state index is -1.45. The fourth-order valence-electron chi connectivity index (χ4n) is 4.54. The summed E-state index contributed by atoms with van der Waals surface area (Å²) in [4.78, 5) is 0. The van der Waals surface area contributed by atoms with Crippen molar-refractivity contribution in [2.45, 2.75) is 57.5 Å². The molecule has 0 amide bonds. The predicted octanol–water partition coefficient (Wildman–Crippen LogP) is 0.720. The quantitative estimate of drug-likeness (QED) is 0.578. The molecule has 144 valence electrons. The van der Waals surface area contributed by atoms with E-state index in [9.17, 15) is 10.2 Å². The molecular formula is C19H29BO6. The largest absolute Gasteiger partial charge is 0.488 e. The zero-order valence-corrected chi connectivity index (χ0v) is 15.7. The van der Waals surface area contributed by atoms with E-state index in [1.54, 1.807) is 25.1 Å². The molecule has 6 nitrogen and oxygen atoms in total. The average molecular weight is 364 g/mol. The summed E-state index contributed by atoms with van der Waals surface area (Å²) in [7, 11) is -1.45. The third kappa shape index (κ3) is 3.21. The second-order valence-electron chi connectivity index (χ2n) is 8.41. The molecule has 0 spiro atoms. The molecule has 1 aromatic carbocycles. The van der Waals surface area contributed by atoms with Gasteiger partial charge in [-0.15, -0.1) is 0 Å². The van der Waals surface area contributed by atoms with E-state index in [2.05, 4.69) is 13.8 Å². The van der Waals surface area contributed by atoms with Crippen LogP contribution >= 0.6 is 0 Å². The molecule has 0 aromatic heterocycles. The van der Waals surface area contributed by atoms with E-state index >= 15 is 0 Å². The number of rotatable bonds is 2. The van der Waals surface area contributed by atoms with E-state index in [4.69, 9.17) is 19.5 Å². The van der Waals surface area contributed by atoms with Gasteiger partial charge in [0.15, 0.2) is 6.29 Å². The van der Waals surface area contributed by atoms with Crippen molar-refractivity contribution in [3.05, 3.63) is 29.8 Å². The van der Waals surface area contributed by atoms with Gasteiger partial charge in [0.2, 0.25) is 0 Å². The first kappa shape index (κ1) is 19.8. The third-order valence-corrected chi connectivity index (χ3v) is 6.60. The second-order valence-corrected chi connectivity index (χ2v) is 8.41. The van der Waals surface area contributed by atoms with Crippen LogP contribution in [-0.2, 0) is 9.47 Å². The fourth-order valence-corrected chi connectivity index (χ4v) is 4.54. The highest BCUT2D eigenvalue weighted by Gasteiger charge is 2.69. The maximum atomic E-state index is 10.2. The van der Waals surface area contributed by atoms with E-state index in [0.717, 1.165) is 24.8 Å². The molecule has 2 bridgehead atoms. The number of fused-ring (bicyclic) bond motifs is 2. The van der Waals surface area contributed by atoms with Gasteiger partial charge in [-0.3, -0.25) is 0 Å². The number of ether oxygens (including phenoxy) is 2. The molecule has 1 saturated heterocycles. The van der Waals surface area contributed by atoms with E-state index in [0.29, 0.717) is 24.6 Å². The Hall–Kier alpha value is -0.955. The molecule has 3 aliphatic carbocycles. The van der Waals surface area contributed by atoms with Gasteiger partial charge in [0.05, 0.1) is 24.4 Å². The number of hydrogen-bond acceptors (Lipinski definition) is 6. The lowest BCUT2D eigenvalue weighted by atomic mass is 9.41. The summed E-state index contributed by atoms with van der Waals surface area (Å²) in [5, 5.41) is 38.2. The van der Waals surface area contributed by atoms with Crippen LogP contribution in [0.1, 0.15) is 51.9 Å². The minimum absolute atomic E-state index is 0.0885. The highest BCUT2D eigenvalue weighted by atomic mass is 16.7. The minimum Gasteiger partial charge on any atom is -0.423 e. The maximum Gasteiger partial charge on any atom is 0.488 e. The Morgan fingerprint density at radius 3 is 2.23 bits per heavy atom. The summed E-state index contributed by atoms with van der Waals surface area (Å²) in [5.41, 5.74) is -0.530. The molecule has 4 N–H and O–H groups in total. The smallest absolute Gasteiger partial charge is 0.423 e. The first-order valence-corrected chi connectivity index (χ1v) is 9.22. The summed E-state index contributed by atoms with van der Waals surface area (Å²) >= 11 is 0. The SMILES string of the molecule is CC1(O)CCC2CC1(O)C2(C)C.OB(O)c1cccc(C2OCCO2)c1. The Morgan fingerprint density at radius 1 is 1.08 bits per heavy atom. The lowest BCUT2D eigenvalue weighted by molar-refractivity contribution is -0.312. The van der Waals surface area contributed by atoms with Gasteiger partial charge in [0.1, 0.15) is 0 Å². The van der Waals surface area contributed by atoms with Crippen LogP contribution in [0.2, 0.25) is 0 Å². The van der Waals surface area contributed by atoms with Crippen molar-refractivity contribution < 1.29 is 29.7 Å². The summed E-state index contributed by atoms with van der Waals surface area (Å²) < 4.78 is 10.6. The lowest BCUT2D eigenvalue weighted by Crippen LogP contribution is -2.74. The number of hydrogen-bond donors (Lipinski definition) is 4. The normalized spacial score (nSPS) is 35.3. The second kappa shape index (κ2) is 6.89. The molecule has 3 unspecified atom stereocenters. The molecule has 5 rings (SSSR count). The summed E-state index contributed by atoms with van der Waals surface area (Å²) in [6.45, 7) is 7.06. The Kier molecular flexibility index (Phi) is 5.25. The van der Waals surface area contributed by atoms with Gasteiger partial charge in [-0.25, -0.2) is 0 Å². The summed E-state index contributed by atoms with van der Waals surface area (Å²) in [6.07, 6.45) is 2.22.